The van der Waals surface area contributed by atoms with Crippen LogP contribution in [0.4, 0.5) is 11.5 Å². The highest BCUT2D eigenvalue weighted by molar-refractivity contribution is 7.12. The number of nitrogens with zero attached hydrogens (tertiary/aromatic N) is 2. The molecule has 3 N–H and O–H groups in total. The summed E-state index contributed by atoms with van der Waals surface area (Å²) in [5.41, 5.74) is 5.85. The third-order valence-electron chi connectivity index (χ3n) is 3.97. The van der Waals surface area contributed by atoms with Gasteiger partial charge in [-0.25, -0.2) is 4.79 Å². The number of aromatic nitrogens is 2. The summed E-state index contributed by atoms with van der Waals surface area (Å²) in [5, 5.41) is 1.84. The molecule has 2 heterocycles. The van der Waals surface area contributed by atoms with E-state index in [2.05, 4.69) is 4.98 Å². The summed E-state index contributed by atoms with van der Waals surface area (Å²) in [6.45, 7) is 6.51. The fraction of sp³-hybridized carbons (Fsp3) is 0.471. The molecule has 1 amide bonds. The van der Waals surface area contributed by atoms with Gasteiger partial charge in [-0.1, -0.05) is 20.3 Å². The van der Waals surface area contributed by atoms with Crippen LogP contribution in [-0.2, 0) is 6.54 Å². The van der Waals surface area contributed by atoms with Gasteiger partial charge in [-0.05, 0) is 36.8 Å². The van der Waals surface area contributed by atoms with Crippen molar-refractivity contribution in [2.45, 2.75) is 46.6 Å². The van der Waals surface area contributed by atoms with E-state index >= 15 is 0 Å². The summed E-state index contributed by atoms with van der Waals surface area (Å²) in [6, 6.07) is 1.86. The first-order valence-electron chi connectivity index (χ1n) is 8.40. The van der Waals surface area contributed by atoms with Crippen molar-refractivity contribution in [2.24, 2.45) is 0 Å². The average Bonchev–Trinajstić information content (AvgIpc) is 2.99. The Bertz CT molecular complexity index is 866. The van der Waals surface area contributed by atoms with E-state index in [1.54, 1.807) is 0 Å². The summed E-state index contributed by atoms with van der Waals surface area (Å²) in [5.74, 6) is -0.228. The molecule has 0 radical (unpaired) electrons. The second-order valence-corrected chi connectivity index (χ2v) is 6.80. The molecule has 0 aliphatic carbocycles. The number of H-pyrrole nitrogens is 1. The molecule has 7 nitrogen and oxygen atoms in total. The van der Waals surface area contributed by atoms with Gasteiger partial charge in [-0.2, -0.15) is 0 Å². The zero-order valence-corrected chi connectivity index (χ0v) is 15.6. The second-order valence-electron chi connectivity index (χ2n) is 5.89. The lowest BCUT2D eigenvalue weighted by molar-refractivity contribution is 0.0989. The molecule has 0 aliphatic heterocycles. The predicted octanol–water partition coefficient (Wildman–Crippen LogP) is 2.35. The predicted molar refractivity (Wildman–Crippen MR) is 102 cm³/mol. The van der Waals surface area contributed by atoms with Crippen molar-refractivity contribution in [1.82, 2.24) is 9.55 Å². The Hall–Kier alpha value is -2.35. The van der Waals surface area contributed by atoms with Gasteiger partial charge < -0.3 is 5.73 Å². The van der Waals surface area contributed by atoms with Gasteiger partial charge in [0.05, 0.1) is 4.88 Å². The van der Waals surface area contributed by atoms with Gasteiger partial charge in [-0.3, -0.25) is 24.0 Å². The maximum Gasteiger partial charge on any atom is 0.330 e. The molecule has 0 bridgehead atoms. The molecule has 2 rings (SSSR count). The summed E-state index contributed by atoms with van der Waals surface area (Å²) in [7, 11) is 0. The fourth-order valence-corrected chi connectivity index (χ4v) is 3.50. The number of carbonyl (C=O) groups excluding carboxylic acids is 1. The van der Waals surface area contributed by atoms with Crippen molar-refractivity contribution < 1.29 is 4.79 Å². The van der Waals surface area contributed by atoms with Crippen molar-refractivity contribution in [1.29, 1.82) is 0 Å². The molecule has 2 aromatic rings. The first-order chi connectivity index (χ1) is 11.9. The van der Waals surface area contributed by atoms with Crippen molar-refractivity contribution in [3.05, 3.63) is 42.7 Å². The monoisotopic (exact) mass is 364 g/mol. The van der Waals surface area contributed by atoms with Crippen LogP contribution in [0.1, 0.15) is 48.3 Å². The molecule has 0 spiro atoms. The van der Waals surface area contributed by atoms with Crippen LogP contribution in [0.2, 0.25) is 0 Å². The summed E-state index contributed by atoms with van der Waals surface area (Å²) in [4.78, 5) is 41.8. The molecule has 0 fully saturated rings. The van der Waals surface area contributed by atoms with E-state index in [1.165, 1.54) is 20.8 Å². The smallest absolute Gasteiger partial charge is 0.330 e. The van der Waals surface area contributed by atoms with Crippen LogP contribution in [-0.4, -0.2) is 22.0 Å². The van der Waals surface area contributed by atoms with E-state index in [0.717, 1.165) is 18.4 Å². The summed E-state index contributed by atoms with van der Waals surface area (Å²) in [6.07, 6.45) is 2.27. The second kappa shape index (κ2) is 8.15. The molecule has 136 valence electrons. The number of amides is 1. The van der Waals surface area contributed by atoms with Crippen LogP contribution < -0.4 is 21.9 Å². The lowest BCUT2D eigenvalue weighted by Gasteiger charge is -2.24. The van der Waals surface area contributed by atoms with E-state index in [1.807, 2.05) is 32.2 Å². The van der Waals surface area contributed by atoms with Crippen LogP contribution >= 0.6 is 11.3 Å². The maximum atomic E-state index is 13.0. The molecule has 2 aromatic heterocycles. The fourth-order valence-electron chi connectivity index (χ4n) is 2.63. The third kappa shape index (κ3) is 3.84. The van der Waals surface area contributed by atoms with E-state index in [9.17, 15) is 14.4 Å². The van der Waals surface area contributed by atoms with Gasteiger partial charge in [0.15, 0.2) is 5.69 Å². The number of hydrogen-bond donors (Lipinski definition) is 2. The molecule has 0 aromatic carbocycles. The summed E-state index contributed by atoms with van der Waals surface area (Å²) >= 11 is 1.33. The maximum absolute atomic E-state index is 13.0. The van der Waals surface area contributed by atoms with Crippen LogP contribution in [0.15, 0.2) is 21.0 Å². The van der Waals surface area contributed by atoms with Crippen molar-refractivity contribution in [3.8, 4) is 0 Å². The van der Waals surface area contributed by atoms with Gasteiger partial charge in [0.1, 0.15) is 5.82 Å². The molecular weight excluding hydrogens is 340 g/mol. The zero-order chi connectivity index (χ0) is 18.6. The van der Waals surface area contributed by atoms with Gasteiger partial charge >= 0.3 is 5.69 Å². The molecule has 0 saturated carbocycles. The highest BCUT2D eigenvalue weighted by Crippen LogP contribution is 2.24. The highest BCUT2D eigenvalue weighted by Gasteiger charge is 2.26. The molecule has 8 heteroatoms. The third-order valence-corrected chi connectivity index (χ3v) is 4.97. The zero-order valence-electron chi connectivity index (χ0n) is 14.8. The Kier molecular flexibility index (Phi) is 6.19. The number of nitrogens with one attached hydrogen (secondary N) is 1. The van der Waals surface area contributed by atoms with Gasteiger partial charge in [0, 0.05) is 13.1 Å². The van der Waals surface area contributed by atoms with Crippen LogP contribution in [0.3, 0.4) is 0 Å². The number of hydrogen-bond acceptors (Lipinski definition) is 5. The normalized spacial score (nSPS) is 10.8. The quantitative estimate of drug-likeness (QED) is 0.787. The number of rotatable bonds is 7. The Balaban J connectivity index is 2.61. The average molecular weight is 364 g/mol. The minimum Gasteiger partial charge on any atom is -0.383 e. The number of aromatic amines is 1. The van der Waals surface area contributed by atoms with Crippen molar-refractivity contribution >= 4 is 28.7 Å². The minimum absolute atomic E-state index is 0.0364. The van der Waals surface area contributed by atoms with E-state index in [4.69, 9.17) is 5.73 Å². The number of anilines is 2. The topological polar surface area (TPSA) is 101 Å². The standard InChI is InChI=1S/C17H24N4O3S/c1-4-6-9-20(16(23)13-11(3)7-10-25-13)12-14(18)21(8-5-2)17(24)19-15(12)22/h7,10H,4-6,8-9,18H2,1-3H3,(H,19,22,24). The number of aryl methyl sites for hydroxylation is 1. The van der Waals surface area contributed by atoms with E-state index < -0.39 is 11.2 Å². The Labute approximate surface area is 150 Å². The molecule has 0 saturated heterocycles. The number of nitrogens with two attached hydrogens (primary N) is 1. The molecule has 25 heavy (non-hydrogen) atoms. The lowest BCUT2D eigenvalue weighted by atomic mass is 10.2. The molecule has 0 unspecified atom stereocenters. The number of carbonyl (C=O) groups is 1. The van der Waals surface area contributed by atoms with Gasteiger partial charge in [0.25, 0.3) is 11.5 Å². The number of unbranched alkanes of at least 4 members (excludes halogenated alkanes) is 1. The van der Waals surface area contributed by atoms with E-state index in [0.29, 0.717) is 24.4 Å². The first kappa shape index (κ1) is 19.0. The van der Waals surface area contributed by atoms with Gasteiger partial charge in [-0.15, -0.1) is 11.3 Å². The van der Waals surface area contributed by atoms with Crippen LogP contribution in [0.5, 0.6) is 0 Å². The van der Waals surface area contributed by atoms with Crippen molar-refractivity contribution in [2.75, 3.05) is 17.2 Å². The molecule has 0 aliphatic rings. The Morgan fingerprint density at radius 1 is 1.32 bits per heavy atom. The minimum atomic E-state index is -0.631. The van der Waals surface area contributed by atoms with E-state index in [-0.39, 0.29) is 17.4 Å². The van der Waals surface area contributed by atoms with Crippen LogP contribution in [0, 0.1) is 6.92 Å². The number of thiophene rings is 1. The molecular formula is C17H24N4O3S. The van der Waals surface area contributed by atoms with Crippen LogP contribution in [0.25, 0.3) is 0 Å². The Morgan fingerprint density at radius 2 is 2.04 bits per heavy atom. The highest BCUT2D eigenvalue weighted by atomic mass is 32.1. The molecule has 0 atom stereocenters. The number of nitrogen functional groups attached to an aromatic ring is 1. The summed E-state index contributed by atoms with van der Waals surface area (Å²) < 4.78 is 1.31. The Morgan fingerprint density at radius 3 is 2.60 bits per heavy atom. The first-order valence-corrected chi connectivity index (χ1v) is 9.28. The lowest BCUT2D eigenvalue weighted by Crippen LogP contribution is -2.41. The van der Waals surface area contributed by atoms with Gasteiger partial charge in [0.2, 0.25) is 0 Å². The SMILES string of the molecule is CCCCN(C(=O)c1sccc1C)c1c(N)n(CCC)c(=O)[nH]c1=O. The largest absolute Gasteiger partial charge is 0.383 e. The van der Waals surface area contributed by atoms with Crippen molar-refractivity contribution in [3.63, 3.8) is 0 Å².